The van der Waals surface area contributed by atoms with Crippen molar-refractivity contribution in [1.29, 1.82) is 0 Å². The molecule has 1 amide bonds. The number of nitro groups is 1. The van der Waals surface area contributed by atoms with Gasteiger partial charge in [-0.25, -0.2) is 4.79 Å². The van der Waals surface area contributed by atoms with Crippen LogP contribution in [0.1, 0.15) is 22.6 Å². The van der Waals surface area contributed by atoms with Crippen molar-refractivity contribution in [2.24, 2.45) is 0 Å². The molecule has 0 saturated carbocycles. The topological polar surface area (TPSA) is 110 Å². The molecular formula is C23H18N2O5. The van der Waals surface area contributed by atoms with E-state index in [2.05, 4.69) is 5.32 Å². The van der Waals surface area contributed by atoms with Crippen LogP contribution in [0.2, 0.25) is 0 Å². The first-order valence-corrected chi connectivity index (χ1v) is 9.41. The number of hydrogen-bond acceptors (Lipinski definition) is 4. The van der Waals surface area contributed by atoms with E-state index < -0.39 is 28.8 Å². The minimum Gasteiger partial charge on any atom is -0.480 e. The summed E-state index contributed by atoms with van der Waals surface area (Å²) in [6, 6.07) is 19.7. The maximum absolute atomic E-state index is 13.2. The molecule has 4 rings (SSSR count). The Balaban J connectivity index is 1.64. The third kappa shape index (κ3) is 3.41. The molecule has 30 heavy (non-hydrogen) atoms. The number of benzene rings is 3. The number of carboxylic acid groups (broad SMARTS) is 1. The molecule has 150 valence electrons. The lowest BCUT2D eigenvalue weighted by Crippen LogP contribution is -2.44. The Morgan fingerprint density at radius 1 is 0.933 bits per heavy atom. The van der Waals surface area contributed by atoms with Gasteiger partial charge in [0.15, 0.2) is 0 Å². The van der Waals surface area contributed by atoms with Gasteiger partial charge in [0, 0.05) is 18.1 Å². The quantitative estimate of drug-likeness (QED) is 0.484. The fraction of sp³-hybridized carbons (Fsp3) is 0.130. The Labute approximate surface area is 172 Å². The highest BCUT2D eigenvalue weighted by Gasteiger charge is 2.35. The molecule has 0 fully saturated rings. The molecular weight excluding hydrogens is 384 g/mol. The monoisotopic (exact) mass is 402 g/mol. The van der Waals surface area contributed by atoms with E-state index in [0.29, 0.717) is 0 Å². The van der Waals surface area contributed by atoms with Gasteiger partial charge in [-0.05, 0) is 22.3 Å². The SMILES string of the molecule is O=C(N[C@H](Cc1ccccc1[N+](=O)[O-])C(=O)O)C1c2ccccc2-c2ccccc21. The largest absolute Gasteiger partial charge is 0.480 e. The van der Waals surface area contributed by atoms with Gasteiger partial charge in [0.05, 0.1) is 10.8 Å². The zero-order valence-electron chi connectivity index (χ0n) is 15.8. The summed E-state index contributed by atoms with van der Waals surface area (Å²) in [6.45, 7) is 0. The van der Waals surface area contributed by atoms with Gasteiger partial charge in [0.1, 0.15) is 6.04 Å². The van der Waals surface area contributed by atoms with Gasteiger partial charge in [-0.15, -0.1) is 0 Å². The van der Waals surface area contributed by atoms with Crippen LogP contribution < -0.4 is 5.32 Å². The first kappa shape index (κ1) is 19.3. The Kier molecular flexibility index (Phi) is 5.02. The number of nitro benzene ring substituents is 1. The highest BCUT2D eigenvalue weighted by Crippen LogP contribution is 2.44. The van der Waals surface area contributed by atoms with Crippen LogP contribution in [0.15, 0.2) is 72.8 Å². The number of hydrogen-bond donors (Lipinski definition) is 2. The van der Waals surface area contributed by atoms with Gasteiger partial charge >= 0.3 is 5.97 Å². The molecule has 0 saturated heterocycles. The van der Waals surface area contributed by atoms with Gasteiger partial charge in [-0.3, -0.25) is 14.9 Å². The smallest absolute Gasteiger partial charge is 0.326 e. The Morgan fingerprint density at radius 3 is 2.03 bits per heavy atom. The van der Waals surface area contributed by atoms with Crippen LogP contribution in [0, 0.1) is 10.1 Å². The number of aliphatic carboxylic acids is 1. The maximum atomic E-state index is 13.2. The number of carboxylic acids is 1. The van der Waals surface area contributed by atoms with Gasteiger partial charge < -0.3 is 10.4 Å². The Hall–Kier alpha value is -4.00. The molecule has 1 atom stereocenters. The third-order valence-electron chi connectivity index (χ3n) is 5.32. The summed E-state index contributed by atoms with van der Waals surface area (Å²) in [5, 5.41) is 23.5. The van der Waals surface area contributed by atoms with Crippen LogP contribution in [0.5, 0.6) is 0 Å². The van der Waals surface area contributed by atoms with E-state index >= 15 is 0 Å². The third-order valence-corrected chi connectivity index (χ3v) is 5.32. The molecule has 7 nitrogen and oxygen atoms in total. The molecule has 2 N–H and O–H groups in total. The lowest BCUT2D eigenvalue weighted by molar-refractivity contribution is -0.385. The predicted molar refractivity (Wildman–Crippen MR) is 110 cm³/mol. The second-order valence-electron chi connectivity index (χ2n) is 7.10. The average Bonchev–Trinajstić information content (AvgIpc) is 3.08. The summed E-state index contributed by atoms with van der Waals surface area (Å²) >= 11 is 0. The molecule has 0 bridgehead atoms. The van der Waals surface area contributed by atoms with Crippen LogP contribution in [0.25, 0.3) is 11.1 Å². The van der Waals surface area contributed by atoms with Crippen LogP contribution >= 0.6 is 0 Å². The number of fused-ring (bicyclic) bond motifs is 3. The normalized spacial score (nSPS) is 13.2. The minimum atomic E-state index is -1.29. The van der Waals surface area contributed by atoms with Crippen molar-refractivity contribution in [3.8, 4) is 11.1 Å². The van der Waals surface area contributed by atoms with Gasteiger partial charge in [0.25, 0.3) is 5.69 Å². The molecule has 0 spiro atoms. The molecule has 0 heterocycles. The zero-order valence-corrected chi connectivity index (χ0v) is 15.8. The summed E-state index contributed by atoms with van der Waals surface area (Å²) in [5.74, 6) is -2.33. The molecule has 7 heteroatoms. The standard InChI is InChI=1S/C23H18N2O5/c26-22(21-17-10-4-2-8-15(17)16-9-3-5-11-18(16)21)24-19(23(27)28)13-14-7-1-6-12-20(14)25(29)30/h1-12,19,21H,13H2,(H,24,26)(H,27,28)/t19-/m1/s1. The minimum absolute atomic E-state index is 0.172. The molecule has 1 aliphatic carbocycles. The molecule has 0 aliphatic heterocycles. The highest BCUT2D eigenvalue weighted by molar-refractivity contribution is 5.97. The second kappa shape index (κ2) is 7.79. The lowest BCUT2D eigenvalue weighted by atomic mass is 9.95. The molecule has 1 aliphatic rings. The Morgan fingerprint density at radius 2 is 1.47 bits per heavy atom. The Bertz CT molecular complexity index is 1110. The van der Waals surface area contributed by atoms with E-state index in [1.54, 1.807) is 6.07 Å². The van der Waals surface area contributed by atoms with Crippen molar-refractivity contribution in [3.05, 3.63) is 99.6 Å². The van der Waals surface area contributed by atoms with Crippen molar-refractivity contribution >= 4 is 17.6 Å². The number of carbonyl (C=O) groups excluding carboxylic acids is 1. The zero-order chi connectivity index (χ0) is 21.3. The van der Waals surface area contributed by atoms with E-state index in [4.69, 9.17) is 0 Å². The molecule has 0 unspecified atom stereocenters. The van der Waals surface area contributed by atoms with Crippen LogP contribution in [0.3, 0.4) is 0 Å². The van der Waals surface area contributed by atoms with Crippen LogP contribution in [0.4, 0.5) is 5.69 Å². The fourth-order valence-corrected chi connectivity index (χ4v) is 3.97. The van der Waals surface area contributed by atoms with Crippen molar-refractivity contribution in [1.82, 2.24) is 5.32 Å². The van der Waals surface area contributed by atoms with Crippen LogP contribution in [-0.4, -0.2) is 27.9 Å². The van der Waals surface area contributed by atoms with E-state index in [9.17, 15) is 24.8 Å². The first-order valence-electron chi connectivity index (χ1n) is 9.41. The van der Waals surface area contributed by atoms with E-state index in [0.717, 1.165) is 22.3 Å². The summed E-state index contributed by atoms with van der Waals surface area (Å²) < 4.78 is 0. The fourth-order valence-electron chi connectivity index (χ4n) is 3.97. The van der Waals surface area contributed by atoms with Crippen molar-refractivity contribution in [2.45, 2.75) is 18.4 Å². The first-order chi connectivity index (χ1) is 14.5. The molecule has 0 aromatic heterocycles. The molecule has 0 radical (unpaired) electrons. The summed E-state index contributed by atoms with van der Waals surface area (Å²) in [4.78, 5) is 35.7. The van der Waals surface area contributed by atoms with E-state index in [-0.39, 0.29) is 17.7 Å². The summed E-state index contributed by atoms with van der Waals surface area (Å²) in [5.41, 5.74) is 3.59. The van der Waals surface area contributed by atoms with E-state index in [1.165, 1.54) is 18.2 Å². The van der Waals surface area contributed by atoms with Gasteiger partial charge in [0.2, 0.25) is 5.91 Å². The number of carbonyl (C=O) groups is 2. The molecule has 3 aromatic carbocycles. The van der Waals surface area contributed by atoms with Crippen LogP contribution in [-0.2, 0) is 16.0 Å². The highest BCUT2D eigenvalue weighted by atomic mass is 16.6. The number of nitrogens with zero attached hydrogens (tertiary/aromatic N) is 1. The summed E-state index contributed by atoms with van der Waals surface area (Å²) in [7, 11) is 0. The average molecular weight is 402 g/mol. The number of rotatable bonds is 6. The van der Waals surface area contributed by atoms with Gasteiger partial charge in [-0.2, -0.15) is 0 Å². The van der Waals surface area contributed by atoms with Crippen molar-refractivity contribution in [2.75, 3.05) is 0 Å². The summed E-state index contributed by atoms with van der Waals surface area (Å²) in [6.07, 6.45) is -0.186. The number of para-hydroxylation sites is 1. The van der Waals surface area contributed by atoms with E-state index in [1.807, 2.05) is 48.5 Å². The van der Waals surface area contributed by atoms with Crippen molar-refractivity contribution < 1.29 is 19.6 Å². The number of amides is 1. The van der Waals surface area contributed by atoms with Crippen molar-refractivity contribution in [3.63, 3.8) is 0 Å². The lowest BCUT2D eigenvalue weighted by Gasteiger charge is -2.19. The predicted octanol–water partition coefficient (Wildman–Crippen LogP) is 3.52. The van der Waals surface area contributed by atoms with Gasteiger partial charge in [-0.1, -0.05) is 66.7 Å². The molecule has 3 aromatic rings. The second-order valence-corrected chi connectivity index (χ2v) is 7.10. The number of nitrogens with one attached hydrogen (secondary N) is 1. The maximum Gasteiger partial charge on any atom is 0.326 e.